The van der Waals surface area contributed by atoms with Gasteiger partial charge in [-0.15, -0.1) is 0 Å². The zero-order valence-electron chi connectivity index (χ0n) is 21.5. The molecule has 0 aliphatic heterocycles. The summed E-state index contributed by atoms with van der Waals surface area (Å²) in [4.78, 5) is 20.0. The van der Waals surface area contributed by atoms with Crippen molar-refractivity contribution < 1.29 is 14.7 Å². The van der Waals surface area contributed by atoms with Crippen LogP contribution in [0.5, 0.6) is 0 Å². The van der Waals surface area contributed by atoms with Gasteiger partial charge in [-0.2, -0.15) is 0 Å². The van der Waals surface area contributed by atoms with Gasteiger partial charge >= 0.3 is 0 Å². The van der Waals surface area contributed by atoms with Crippen LogP contribution in [0.1, 0.15) is 67.3 Å². The summed E-state index contributed by atoms with van der Waals surface area (Å²) in [5, 5.41) is 12.4. The lowest BCUT2D eigenvalue weighted by atomic mass is 9.97. The monoisotopic (exact) mass is 478 g/mol. The Labute approximate surface area is 210 Å². The highest BCUT2D eigenvalue weighted by Gasteiger charge is 2.16. The van der Waals surface area contributed by atoms with Gasteiger partial charge in [-0.3, -0.25) is 4.79 Å². The molecule has 1 atom stereocenters. The third-order valence-corrected chi connectivity index (χ3v) is 5.94. The number of nitrogens with two attached hydrogens (primary N) is 1. The molecule has 5 nitrogen and oxygen atoms in total. The molecule has 2 aromatic carbocycles. The molecule has 35 heavy (non-hydrogen) atoms. The first-order valence-corrected chi connectivity index (χ1v) is 12.4. The van der Waals surface area contributed by atoms with Crippen molar-refractivity contribution in [1.29, 1.82) is 0 Å². The van der Waals surface area contributed by atoms with E-state index in [9.17, 15) is 9.59 Å². The number of hydrogen-bond acceptors (Lipinski definition) is 5. The van der Waals surface area contributed by atoms with Gasteiger partial charge in [0.25, 0.3) is 0 Å². The molecule has 0 saturated heterocycles. The van der Waals surface area contributed by atoms with Crippen LogP contribution < -0.4 is 21.5 Å². The SMILES string of the molecule is CC(N)C1=c2ccccc2=CCC=C1.CNCCC=O.CO.O=Cc1ccc(C2CCCC2)cc1. The predicted molar refractivity (Wildman–Crippen MR) is 147 cm³/mol. The Hall–Kier alpha value is -2.86. The van der Waals surface area contributed by atoms with Gasteiger partial charge in [-0.05, 0) is 60.7 Å². The molecular weight excluding hydrogens is 436 g/mol. The number of allylic oxidation sites excluding steroid dienone is 1. The first-order valence-electron chi connectivity index (χ1n) is 12.4. The van der Waals surface area contributed by atoms with E-state index in [0.29, 0.717) is 6.42 Å². The Bertz CT molecular complexity index is 1000. The maximum absolute atomic E-state index is 10.4. The highest BCUT2D eigenvalue weighted by Crippen LogP contribution is 2.33. The summed E-state index contributed by atoms with van der Waals surface area (Å²) in [6, 6.07) is 16.5. The topological polar surface area (TPSA) is 92.4 Å². The van der Waals surface area contributed by atoms with Crippen molar-refractivity contribution in [3.05, 3.63) is 82.2 Å². The lowest BCUT2D eigenvalue weighted by Crippen LogP contribution is -2.31. The van der Waals surface area contributed by atoms with E-state index in [1.807, 2.05) is 26.1 Å². The number of carbonyl (C=O) groups excluding carboxylic acids is 2. The fraction of sp³-hybridized carbons (Fsp3) is 0.400. The fourth-order valence-electron chi connectivity index (χ4n) is 4.12. The first kappa shape index (κ1) is 30.2. The average Bonchev–Trinajstić information content (AvgIpc) is 3.36. The van der Waals surface area contributed by atoms with Crippen molar-refractivity contribution in [2.45, 2.75) is 57.4 Å². The molecule has 0 radical (unpaired) electrons. The molecule has 0 spiro atoms. The van der Waals surface area contributed by atoms with Crippen LogP contribution in [-0.2, 0) is 4.79 Å². The summed E-state index contributed by atoms with van der Waals surface area (Å²) < 4.78 is 0. The lowest BCUT2D eigenvalue weighted by Gasteiger charge is -2.08. The lowest BCUT2D eigenvalue weighted by molar-refractivity contribution is -0.107. The van der Waals surface area contributed by atoms with E-state index in [2.05, 4.69) is 59.9 Å². The van der Waals surface area contributed by atoms with Crippen molar-refractivity contribution in [1.82, 2.24) is 5.32 Å². The average molecular weight is 479 g/mol. The molecule has 0 heterocycles. The van der Waals surface area contributed by atoms with Crippen LogP contribution in [0, 0.1) is 0 Å². The minimum Gasteiger partial charge on any atom is -0.400 e. The molecule has 4 N–H and O–H groups in total. The van der Waals surface area contributed by atoms with Crippen LogP contribution >= 0.6 is 0 Å². The van der Waals surface area contributed by atoms with E-state index in [4.69, 9.17) is 10.8 Å². The van der Waals surface area contributed by atoms with Crippen LogP contribution in [0.25, 0.3) is 11.6 Å². The Kier molecular flexibility index (Phi) is 15.9. The van der Waals surface area contributed by atoms with Crippen LogP contribution in [0.3, 0.4) is 0 Å². The van der Waals surface area contributed by atoms with Crippen molar-refractivity contribution >= 4 is 24.2 Å². The normalized spacial score (nSPS) is 14.8. The molecule has 1 fully saturated rings. The quantitative estimate of drug-likeness (QED) is 0.437. The number of rotatable bonds is 6. The van der Waals surface area contributed by atoms with E-state index in [1.165, 1.54) is 47.3 Å². The van der Waals surface area contributed by atoms with Gasteiger partial charge in [-0.1, -0.05) is 79.6 Å². The smallest absolute Gasteiger partial charge is 0.150 e. The van der Waals surface area contributed by atoms with Crippen molar-refractivity contribution in [3.8, 4) is 0 Å². The summed E-state index contributed by atoms with van der Waals surface area (Å²) >= 11 is 0. The second kappa shape index (κ2) is 18.5. The summed E-state index contributed by atoms with van der Waals surface area (Å²) in [5.74, 6) is 0.751. The standard InChI is InChI=1S/C13H15N.C12H14O.C4H9NO.CH4O/c1-10(14)12-8-4-2-6-11-7-3-5-9-13(11)12;13-9-10-5-7-12(8-6-10)11-3-1-2-4-11;1-5-3-2-4-6;1-2/h3-10H,2,14H2,1H3;5-9,11H,1-4H2;4-5H,2-3H2,1H3;2H,1H3. The zero-order chi connectivity index (χ0) is 25.9. The second-order valence-corrected chi connectivity index (χ2v) is 8.50. The van der Waals surface area contributed by atoms with Gasteiger partial charge in [-0.25, -0.2) is 0 Å². The van der Waals surface area contributed by atoms with Gasteiger partial charge in [0, 0.05) is 31.7 Å². The number of fused-ring (bicyclic) bond motifs is 1. The fourth-order valence-corrected chi connectivity index (χ4v) is 4.12. The van der Waals surface area contributed by atoms with Gasteiger partial charge in [0.05, 0.1) is 0 Å². The molecule has 1 unspecified atom stereocenters. The van der Waals surface area contributed by atoms with Crippen LogP contribution in [-0.4, -0.2) is 44.4 Å². The first-order chi connectivity index (χ1) is 17.1. The summed E-state index contributed by atoms with van der Waals surface area (Å²) in [5.41, 5.74) is 9.37. The zero-order valence-corrected chi connectivity index (χ0v) is 21.5. The molecule has 190 valence electrons. The van der Waals surface area contributed by atoms with E-state index in [1.54, 1.807) is 0 Å². The maximum Gasteiger partial charge on any atom is 0.150 e. The molecule has 4 rings (SSSR count). The largest absolute Gasteiger partial charge is 0.400 e. The van der Waals surface area contributed by atoms with Gasteiger partial charge in [0.1, 0.15) is 12.6 Å². The molecule has 0 amide bonds. The van der Waals surface area contributed by atoms with Crippen molar-refractivity contribution in [2.75, 3.05) is 20.7 Å². The highest BCUT2D eigenvalue weighted by molar-refractivity contribution is 5.74. The number of benzene rings is 2. The Morgan fingerprint density at radius 3 is 2.26 bits per heavy atom. The van der Waals surface area contributed by atoms with Gasteiger partial charge < -0.3 is 21.0 Å². The number of hydrogen-bond donors (Lipinski definition) is 3. The minimum absolute atomic E-state index is 0.0962. The second-order valence-electron chi connectivity index (χ2n) is 8.50. The summed E-state index contributed by atoms with van der Waals surface area (Å²) in [6.07, 6.45) is 15.3. The number of aliphatic hydroxyl groups excluding tert-OH is 1. The predicted octanol–water partition coefficient (Wildman–Crippen LogP) is 3.48. The Morgan fingerprint density at radius 2 is 1.71 bits per heavy atom. The van der Waals surface area contributed by atoms with Crippen LogP contribution in [0.4, 0.5) is 0 Å². The van der Waals surface area contributed by atoms with Crippen LogP contribution in [0.15, 0.2) is 60.7 Å². The highest BCUT2D eigenvalue weighted by atomic mass is 16.2. The molecular formula is C30H42N2O3. The maximum atomic E-state index is 10.4. The summed E-state index contributed by atoms with van der Waals surface area (Å²) in [7, 11) is 2.82. The van der Waals surface area contributed by atoms with Gasteiger partial charge in [0.15, 0.2) is 0 Å². The molecule has 0 bridgehead atoms. The van der Waals surface area contributed by atoms with E-state index in [0.717, 1.165) is 44.1 Å². The number of aliphatic hydroxyl groups is 1. The number of aldehydes is 2. The number of nitrogens with one attached hydrogen (secondary N) is 1. The van der Waals surface area contributed by atoms with Crippen molar-refractivity contribution in [2.24, 2.45) is 5.73 Å². The Morgan fingerprint density at radius 1 is 1.06 bits per heavy atom. The molecule has 2 aliphatic rings. The summed E-state index contributed by atoms with van der Waals surface area (Å²) in [6.45, 7) is 2.82. The Balaban J connectivity index is 0.000000272. The molecule has 5 heteroatoms. The van der Waals surface area contributed by atoms with Gasteiger partial charge in [0.2, 0.25) is 0 Å². The number of carbonyl (C=O) groups is 2. The molecule has 2 aromatic rings. The van der Waals surface area contributed by atoms with E-state index in [-0.39, 0.29) is 6.04 Å². The molecule has 0 aromatic heterocycles. The van der Waals surface area contributed by atoms with Crippen LogP contribution in [0.2, 0.25) is 0 Å². The molecule has 1 saturated carbocycles. The molecule has 2 aliphatic carbocycles. The van der Waals surface area contributed by atoms with E-state index < -0.39 is 0 Å². The minimum atomic E-state index is 0.0962. The third kappa shape index (κ3) is 11.0. The third-order valence-electron chi connectivity index (χ3n) is 5.94. The van der Waals surface area contributed by atoms with Crippen molar-refractivity contribution in [3.63, 3.8) is 0 Å². The van der Waals surface area contributed by atoms with E-state index >= 15 is 0 Å².